The first kappa shape index (κ1) is 25.6. The summed E-state index contributed by atoms with van der Waals surface area (Å²) in [5, 5.41) is 10.5. The minimum Gasteiger partial charge on any atom is -0.507 e. The molecule has 9 heteroatoms. The Morgan fingerprint density at radius 3 is 2.33 bits per heavy atom. The van der Waals surface area contributed by atoms with Crippen LogP contribution in [0.15, 0.2) is 102 Å². The normalized spacial score (nSPS) is 13.0. The lowest BCUT2D eigenvalue weighted by atomic mass is 10.0. The van der Waals surface area contributed by atoms with Crippen molar-refractivity contribution in [1.29, 1.82) is 1.28 Å². The van der Waals surface area contributed by atoms with E-state index in [1.807, 2.05) is 60.7 Å². The lowest BCUT2D eigenvalue weighted by Crippen LogP contribution is -2.10. The molecule has 4 rings (SSSR count). The van der Waals surface area contributed by atoms with Crippen molar-refractivity contribution >= 4 is 65.8 Å². The molecule has 0 aliphatic carbocycles. The van der Waals surface area contributed by atoms with Crippen LogP contribution in [0.2, 0.25) is 5.02 Å². The van der Waals surface area contributed by atoms with Gasteiger partial charge in [0.1, 0.15) is 25.1 Å². The average Bonchev–Trinajstić information content (AvgIpc) is 2.92. The molecular weight excluding hydrogens is 646 g/mol. The lowest BCUT2D eigenvalue weighted by Gasteiger charge is -2.18. The van der Waals surface area contributed by atoms with E-state index in [2.05, 4.69) is 21.2 Å². The molecule has 4 aromatic carbocycles. The Kier molecular flexibility index (Phi) is 9.23. The number of aromatic hydroxyl groups is 1. The second-order valence-corrected chi connectivity index (χ2v) is 15.2. The Morgan fingerprint density at radius 1 is 1.03 bits per heavy atom. The minimum atomic E-state index is -0.640. The van der Waals surface area contributed by atoms with Gasteiger partial charge in [0.2, 0.25) is 0 Å². The number of ether oxygens (including phenoxy) is 1. The van der Waals surface area contributed by atoms with Gasteiger partial charge in [0.25, 0.3) is 0 Å². The zero-order valence-corrected chi connectivity index (χ0v) is 24.2. The van der Waals surface area contributed by atoms with Gasteiger partial charge in [0, 0.05) is 38.9 Å². The molecule has 0 saturated heterocycles. The van der Waals surface area contributed by atoms with Crippen molar-refractivity contribution in [3.63, 3.8) is 0 Å². The van der Waals surface area contributed by atoms with Crippen LogP contribution in [-0.2, 0) is 14.1 Å². The van der Waals surface area contributed by atoms with Crippen molar-refractivity contribution in [2.24, 2.45) is 0 Å². The highest BCUT2D eigenvalue weighted by atomic mass is 127. The SMILES string of the molecule is [3H]P=S(I)Oc1ccc(C(=O)C(Sc2c(O)cc(OCc3ccccc3)cc2Cl)c2ccccc2)cc1. The van der Waals surface area contributed by atoms with Crippen LogP contribution in [0, 0.1) is 0 Å². The summed E-state index contributed by atoms with van der Waals surface area (Å²) < 4.78 is 18.9. The number of halogens is 2. The minimum absolute atomic E-state index is 0.0540. The van der Waals surface area contributed by atoms with E-state index in [0.29, 0.717) is 41.5 Å². The van der Waals surface area contributed by atoms with Gasteiger partial charge in [-0.1, -0.05) is 72.3 Å². The lowest BCUT2D eigenvalue weighted by molar-refractivity contribution is 0.0989. The molecule has 0 spiro atoms. The fourth-order valence-corrected chi connectivity index (χ4v) is 6.03. The molecule has 2 atom stereocenters. The second kappa shape index (κ2) is 13.0. The smallest absolute Gasteiger partial charge is 0.180 e. The number of benzene rings is 4. The van der Waals surface area contributed by atoms with E-state index < -0.39 is 12.8 Å². The van der Waals surface area contributed by atoms with Crippen molar-refractivity contribution < 1.29 is 18.8 Å². The molecule has 0 saturated carbocycles. The predicted molar refractivity (Wildman–Crippen MR) is 160 cm³/mol. The van der Waals surface area contributed by atoms with Crippen LogP contribution in [0.1, 0.15) is 26.7 Å². The molecule has 0 amide bonds. The Morgan fingerprint density at radius 2 is 1.69 bits per heavy atom. The number of Topliss-reactive ketones (excluding diaryl/α,β-unsaturated/α-hetero) is 1. The summed E-state index contributed by atoms with van der Waals surface area (Å²) in [6, 6.07) is 29.2. The Labute approximate surface area is 237 Å². The van der Waals surface area contributed by atoms with Gasteiger partial charge in [-0.05, 0) is 43.4 Å². The summed E-state index contributed by atoms with van der Waals surface area (Å²) in [5.41, 5.74) is 2.29. The van der Waals surface area contributed by atoms with Crippen molar-refractivity contribution in [2.75, 3.05) is 0 Å². The molecule has 0 radical (unpaired) electrons. The topological polar surface area (TPSA) is 55.8 Å². The maximum absolute atomic E-state index is 13.6. The summed E-state index contributed by atoms with van der Waals surface area (Å²) in [4.78, 5) is 14.0. The van der Waals surface area contributed by atoms with Gasteiger partial charge in [-0.15, -0.1) is 11.8 Å². The van der Waals surface area contributed by atoms with Crippen molar-refractivity contribution in [3.05, 3.63) is 119 Å². The van der Waals surface area contributed by atoms with Crippen LogP contribution in [0.5, 0.6) is 17.2 Å². The average molecular weight is 669 g/mol. The molecule has 0 bridgehead atoms. The van der Waals surface area contributed by atoms with E-state index >= 15 is 0 Å². The van der Waals surface area contributed by atoms with Crippen LogP contribution in [0.25, 0.3) is 0 Å². The molecule has 0 fully saturated rings. The maximum Gasteiger partial charge on any atom is 0.180 e. The second-order valence-electron chi connectivity index (χ2n) is 7.61. The van der Waals surface area contributed by atoms with Crippen molar-refractivity contribution in [1.82, 2.24) is 0 Å². The summed E-state index contributed by atoms with van der Waals surface area (Å²) >= 11 is 9.84. The number of phenols is 1. The molecule has 0 aromatic heterocycles. The van der Waals surface area contributed by atoms with Crippen LogP contribution >= 0.6 is 52.5 Å². The third-order valence-corrected chi connectivity index (χ3v) is 8.02. The van der Waals surface area contributed by atoms with E-state index in [-0.39, 0.29) is 11.5 Å². The van der Waals surface area contributed by atoms with Crippen LogP contribution in [-0.4, -0.2) is 12.2 Å². The number of ketones is 1. The monoisotopic (exact) mass is 668 g/mol. The van der Waals surface area contributed by atoms with Crippen molar-refractivity contribution in [3.8, 4) is 17.2 Å². The molecule has 0 heterocycles. The Hall–Kier alpha value is -2.03. The van der Waals surface area contributed by atoms with Gasteiger partial charge in [-0.2, -0.15) is 0 Å². The number of phenolic OH excluding ortho intramolecular Hbond substituents is 1. The fourth-order valence-electron chi connectivity index (χ4n) is 3.42. The highest BCUT2D eigenvalue weighted by Crippen LogP contribution is 2.46. The standard InChI is InChI=1S/C27H21ClIO4PS2/c28-23-15-22(32-17-18-7-3-1-4-8-18)16-24(30)27(23)35-26(20-9-5-2-6-10-20)25(31)19-11-13-21(14-12-19)33-36(29)34/h1-16,26,30,34H,17H2/i34T. The molecule has 2 unspecified atom stereocenters. The maximum atomic E-state index is 13.6. The number of thioether (sulfide) groups is 1. The first-order valence-corrected chi connectivity index (χ1v) is 16.7. The molecule has 184 valence electrons. The van der Waals surface area contributed by atoms with Crippen LogP contribution < -0.4 is 8.92 Å². The fraction of sp³-hybridized carbons (Fsp3) is 0.0741. The van der Waals surface area contributed by atoms with Gasteiger partial charge in [0.15, 0.2) is 5.78 Å². The van der Waals surface area contributed by atoms with E-state index in [1.54, 1.807) is 30.3 Å². The van der Waals surface area contributed by atoms with Gasteiger partial charge >= 0.3 is 0 Å². The molecule has 4 nitrogen and oxygen atoms in total. The van der Waals surface area contributed by atoms with Crippen LogP contribution in [0.3, 0.4) is 0 Å². The van der Waals surface area contributed by atoms with Crippen LogP contribution in [0.4, 0.5) is 0 Å². The third kappa shape index (κ3) is 7.26. The first-order valence-electron chi connectivity index (χ1n) is 11.2. The molecule has 1 N–H and O–H groups in total. The number of carbonyl (C=O) groups is 1. The Bertz CT molecular complexity index is 1370. The zero-order chi connectivity index (χ0) is 26.2. The van der Waals surface area contributed by atoms with E-state index in [0.717, 1.165) is 11.1 Å². The molecule has 0 aliphatic rings. The van der Waals surface area contributed by atoms with Gasteiger partial charge in [-0.25, -0.2) is 0 Å². The van der Waals surface area contributed by atoms with Crippen molar-refractivity contribution in [2.45, 2.75) is 16.8 Å². The van der Waals surface area contributed by atoms with E-state index in [4.69, 9.17) is 21.8 Å². The van der Waals surface area contributed by atoms with Gasteiger partial charge < -0.3 is 14.0 Å². The molecule has 4 aromatic rings. The molecule has 36 heavy (non-hydrogen) atoms. The highest BCUT2D eigenvalue weighted by molar-refractivity contribution is 14.2. The van der Waals surface area contributed by atoms with Gasteiger partial charge in [-0.3, -0.25) is 4.79 Å². The number of hydrogen-bond acceptors (Lipinski definition) is 5. The summed E-state index contributed by atoms with van der Waals surface area (Å²) in [6.45, 7) is 0.341. The largest absolute Gasteiger partial charge is 0.507 e. The molecule has 0 aliphatic heterocycles. The highest BCUT2D eigenvalue weighted by Gasteiger charge is 2.26. The third-order valence-electron chi connectivity index (χ3n) is 5.13. The summed E-state index contributed by atoms with van der Waals surface area (Å²) in [7, 11) is -0.167. The number of hydrogen-bond donors (Lipinski definition) is 1. The van der Waals surface area contributed by atoms with Gasteiger partial charge in [0.05, 0.1) is 22.7 Å². The number of rotatable bonds is 10. The zero-order valence-electron chi connectivity index (χ0n) is 19.7. The first-order chi connectivity index (χ1) is 17.9. The predicted octanol–water partition coefficient (Wildman–Crippen LogP) is 8.66. The summed E-state index contributed by atoms with van der Waals surface area (Å²) in [6.07, 6.45) is 0. The number of carbonyl (C=O) groups excluding carboxylic acids is 1. The quantitative estimate of drug-likeness (QED) is 0.0794. The van der Waals surface area contributed by atoms with E-state index in [1.165, 1.54) is 17.8 Å². The molecular formula is C27H21ClIO4PS2. The summed E-state index contributed by atoms with van der Waals surface area (Å²) in [5.74, 6) is 0.858. The Balaban J connectivity index is 1.58. The van der Waals surface area contributed by atoms with E-state index in [9.17, 15) is 9.90 Å².